The molecule has 0 saturated heterocycles. The summed E-state index contributed by atoms with van der Waals surface area (Å²) in [6, 6.07) is 7.66. The van der Waals surface area contributed by atoms with Gasteiger partial charge in [-0.25, -0.2) is 4.79 Å². The Morgan fingerprint density at radius 2 is 1.20 bits per heavy atom. The van der Waals surface area contributed by atoms with Crippen molar-refractivity contribution < 1.29 is 66.8 Å². The molecule has 14 heteroatoms. The van der Waals surface area contributed by atoms with Crippen molar-refractivity contribution in [2.24, 2.45) is 17.3 Å². The molecule has 276 valence electrons. The van der Waals surface area contributed by atoms with Gasteiger partial charge in [0, 0.05) is 57.9 Å². The van der Waals surface area contributed by atoms with E-state index in [1.54, 1.807) is 18.2 Å². The van der Waals surface area contributed by atoms with Crippen molar-refractivity contribution in [2.45, 2.75) is 104 Å². The second-order valence-electron chi connectivity index (χ2n) is 13.5. The predicted molar refractivity (Wildman–Crippen MR) is 176 cm³/mol. The highest BCUT2D eigenvalue weighted by Gasteiger charge is 2.72. The van der Waals surface area contributed by atoms with Gasteiger partial charge in [0.25, 0.3) is 0 Å². The lowest BCUT2D eigenvalue weighted by Gasteiger charge is -2.42. The highest BCUT2D eigenvalue weighted by atomic mass is 16.6. The Labute approximate surface area is 295 Å². The fourth-order valence-electron chi connectivity index (χ4n) is 6.78. The van der Waals surface area contributed by atoms with Gasteiger partial charge in [-0.2, -0.15) is 0 Å². The molecule has 2 aliphatic rings. The lowest BCUT2D eigenvalue weighted by atomic mass is 9.72. The van der Waals surface area contributed by atoms with Crippen molar-refractivity contribution in [3.05, 3.63) is 60.2 Å². The van der Waals surface area contributed by atoms with Crippen LogP contribution >= 0.6 is 0 Å². The minimum atomic E-state index is -2.39. The molecule has 3 rings (SSSR count). The zero-order chi connectivity index (χ0) is 38.6. The zero-order valence-electron chi connectivity index (χ0n) is 30.1. The van der Waals surface area contributed by atoms with Crippen molar-refractivity contribution in [1.29, 1.82) is 0 Å². The van der Waals surface area contributed by atoms with E-state index in [2.05, 4.69) is 6.58 Å². The average molecular weight is 713 g/mol. The van der Waals surface area contributed by atoms with E-state index in [1.165, 1.54) is 52.0 Å². The number of carbonyl (C=O) groups excluding carboxylic acids is 8. The molecule has 1 saturated carbocycles. The molecule has 2 aliphatic carbocycles. The van der Waals surface area contributed by atoms with E-state index in [1.807, 2.05) is 0 Å². The first-order valence-electron chi connectivity index (χ1n) is 16.2. The van der Waals surface area contributed by atoms with Gasteiger partial charge in [0.15, 0.2) is 35.0 Å². The summed E-state index contributed by atoms with van der Waals surface area (Å²) in [7, 11) is 0. The molecule has 8 atom stereocenters. The summed E-state index contributed by atoms with van der Waals surface area (Å²) in [6.45, 7) is 14.9. The van der Waals surface area contributed by atoms with Crippen molar-refractivity contribution in [3.63, 3.8) is 0 Å². The van der Waals surface area contributed by atoms with Crippen LogP contribution in [0.25, 0.3) is 0 Å². The van der Waals surface area contributed by atoms with Gasteiger partial charge in [-0.15, -0.1) is 0 Å². The van der Waals surface area contributed by atoms with Crippen LogP contribution in [0.4, 0.5) is 0 Å². The van der Waals surface area contributed by atoms with Gasteiger partial charge in [-0.05, 0) is 32.9 Å². The first-order valence-corrected chi connectivity index (χ1v) is 16.2. The second-order valence-corrected chi connectivity index (χ2v) is 13.5. The van der Waals surface area contributed by atoms with Gasteiger partial charge in [0.1, 0.15) is 6.10 Å². The summed E-state index contributed by atoms with van der Waals surface area (Å²) in [5.41, 5.74) is -6.18. The molecule has 0 aromatic heterocycles. The minimum Gasteiger partial charge on any atom is -0.457 e. The molecule has 0 amide bonds. The number of Topliss-reactive ketones (excluding diaryl/α,β-unsaturated/α-hetero) is 2. The number of ether oxygens (including phenoxy) is 6. The van der Waals surface area contributed by atoms with Gasteiger partial charge < -0.3 is 28.4 Å². The Morgan fingerprint density at radius 1 is 0.686 bits per heavy atom. The van der Waals surface area contributed by atoms with E-state index < -0.39 is 112 Å². The number of allylic oxidation sites excluding steroid dienone is 2. The number of rotatable bonds is 7. The largest absolute Gasteiger partial charge is 0.457 e. The molecule has 0 bridgehead atoms. The van der Waals surface area contributed by atoms with Gasteiger partial charge in [0.05, 0.1) is 11.5 Å². The van der Waals surface area contributed by atoms with Crippen LogP contribution in [0.5, 0.6) is 0 Å². The van der Waals surface area contributed by atoms with Crippen LogP contribution in [0, 0.1) is 17.3 Å². The highest BCUT2D eigenvalue weighted by Crippen LogP contribution is 2.54. The number of carbonyl (C=O) groups is 8. The van der Waals surface area contributed by atoms with Crippen molar-refractivity contribution in [1.82, 2.24) is 0 Å². The van der Waals surface area contributed by atoms with E-state index in [4.69, 9.17) is 28.4 Å². The number of fused-ring (bicyclic) bond motifs is 1. The van der Waals surface area contributed by atoms with Crippen LogP contribution in [0.1, 0.15) is 79.1 Å². The highest BCUT2D eigenvalue weighted by molar-refractivity contribution is 5.96. The smallest absolute Gasteiger partial charge is 0.338 e. The van der Waals surface area contributed by atoms with E-state index in [-0.39, 0.29) is 5.56 Å². The van der Waals surface area contributed by atoms with E-state index in [9.17, 15) is 38.4 Å². The van der Waals surface area contributed by atoms with E-state index in [0.29, 0.717) is 0 Å². The number of hydrogen-bond acceptors (Lipinski definition) is 14. The van der Waals surface area contributed by atoms with Crippen molar-refractivity contribution in [2.75, 3.05) is 0 Å². The molecule has 0 radical (unpaired) electrons. The molecule has 1 aromatic rings. The maximum Gasteiger partial charge on any atom is 0.338 e. The summed E-state index contributed by atoms with van der Waals surface area (Å²) in [6.07, 6.45) is -5.23. The van der Waals surface area contributed by atoms with Crippen LogP contribution < -0.4 is 0 Å². The van der Waals surface area contributed by atoms with Gasteiger partial charge >= 0.3 is 35.8 Å². The first kappa shape index (κ1) is 40.3. The number of hydrogen-bond donors (Lipinski definition) is 0. The first-order chi connectivity index (χ1) is 23.6. The fourth-order valence-corrected chi connectivity index (χ4v) is 6.78. The molecule has 0 heterocycles. The Bertz CT molecular complexity index is 1640. The normalized spacial score (nSPS) is 30.4. The third-order valence-corrected chi connectivity index (χ3v) is 8.76. The number of benzene rings is 1. The van der Waals surface area contributed by atoms with Gasteiger partial charge in [0.2, 0.25) is 6.10 Å². The monoisotopic (exact) mass is 712 g/mol. The average Bonchev–Trinajstić information content (AvgIpc) is 3.24. The zero-order valence-corrected chi connectivity index (χ0v) is 30.1. The summed E-state index contributed by atoms with van der Waals surface area (Å²) in [4.78, 5) is 106. The standard InChI is InChI=1S/C37H44O14/c1-19-16-17-35(8,9)32(44)30(48-23(5)40)29(47-22(4)39)20(2)28(46-21(3)38)27-33(49-34(45)26-14-12-11-13-15-26)36(10,50-24(6)41)18-37(27,31(19)43)51-25(7)42/h11-17,19,27-30,33H,2,18H2,1,3-10H3. The summed E-state index contributed by atoms with van der Waals surface area (Å²) in [5, 5.41) is 0. The maximum atomic E-state index is 14.9. The Balaban J connectivity index is 2.55. The van der Waals surface area contributed by atoms with Gasteiger partial charge in [-0.3, -0.25) is 33.6 Å². The summed E-state index contributed by atoms with van der Waals surface area (Å²) >= 11 is 0. The Hall–Kier alpha value is -5.14. The van der Waals surface area contributed by atoms with Crippen LogP contribution in [0.15, 0.2) is 54.6 Å². The topological polar surface area (TPSA) is 192 Å². The van der Waals surface area contributed by atoms with Crippen molar-refractivity contribution >= 4 is 47.4 Å². The minimum absolute atomic E-state index is 0.0480. The second kappa shape index (κ2) is 15.4. The molecule has 1 aromatic carbocycles. The molecular formula is C37H44O14. The Kier molecular flexibility index (Phi) is 12.2. The van der Waals surface area contributed by atoms with Crippen LogP contribution in [0.2, 0.25) is 0 Å². The predicted octanol–water partition coefficient (Wildman–Crippen LogP) is 3.58. The lowest BCUT2D eigenvalue weighted by Crippen LogP contribution is -2.58. The molecular weight excluding hydrogens is 668 g/mol. The maximum absolute atomic E-state index is 14.9. The molecule has 1 fully saturated rings. The van der Waals surface area contributed by atoms with Crippen LogP contribution in [0.3, 0.4) is 0 Å². The molecule has 8 unspecified atom stereocenters. The van der Waals surface area contributed by atoms with Crippen LogP contribution in [-0.2, 0) is 62.0 Å². The molecule has 0 aliphatic heterocycles. The summed E-state index contributed by atoms with van der Waals surface area (Å²) < 4.78 is 34.6. The Morgan fingerprint density at radius 3 is 1.71 bits per heavy atom. The SMILES string of the molecule is C=C1C(OC(C)=O)C(OC(C)=O)C(=O)C(C)(C)C=CC(C)C(=O)C2(OC(C)=O)CC(C)(OC(C)=O)C(OC(=O)c3ccccc3)C2C1OC(C)=O. The molecule has 51 heavy (non-hydrogen) atoms. The van der Waals surface area contributed by atoms with Gasteiger partial charge in [-0.1, -0.05) is 43.9 Å². The number of esters is 6. The number of ketones is 2. The molecule has 14 nitrogen and oxygen atoms in total. The third-order valence-electron chi connectivity index (χ3n) is 8.76. The van der Waals surface area contributed by atoms with Crippen molar-refractivity contribution in [3.8, 4) is 0 Å². The van der Waals surface area contributed by atoms with E-state index in [0.717, 1.165) is 34.6 Å². The fraction of sp³-hybridized carbons (Fsp3) is 0.514. The van der Waals surface area contributed by atoms with E-state index >= 15 is 0 Å². The lowest BCUT2D eigenvalue weighted by molar-refractivity contribution is -0.185. The van der Waals surface area contributed by atoms with Crippen LogP contribution in [-0.4, -0.2) is 83.0 Å². The molecule has 0 N–H and O–H groups in total. The third kappa shape index (κ3) is 8.78. The molecule has 0 spiro atoms. The summed E-state index contributed by atoms with van der Waals surface area (Å²) in [5.74, 6) is -10.2. The quantitative estimate of drug-likeness (QED) is 0.226.